The Morgan fingerprint density at radius 2 is 1.67 bits per heavy atom. The van der Waals surface area contributed by atoms with E-state index in [0.717, 1.165) is 0 Å². The Balaban J connectivity index is 2.25. The Labute approximate surface area is 112 Å². The first-order chi connectivity index (χ1) is 8.49. The van der Waals surface area contributed by atoms with E-state index in [0.29, 0.717) is 18.0 Å². The molecule has 0 N–H and O–H groups in total. The van der Waals surface area contributed by atoms with Gasteiger partial charge in [-0.2, -0.15) is 0 Å². The summed E-state index contributed by atoms with van der Waals surface area (Å²) in [6, 6.07) is 10.2. The van der Waals surface area contributed by atoms with Crippen LogP contribution in [0.4, 0.5) is 0 Å². The molecule has 0 amide bonds. The minimum Gasteiger partial charge on any atom is -0.371 e. The monoisotopic (exact) mass is 243 g/mol. The van der Waals surface area contributed by atoms with Crippen molar-refractivity contribution in [3.05, 3.63) is 41.6 Å². The molecule has 1 unspecified atom stereocenters. The minimum atomic E-state index is 0.584. The molecule has 18 heavy (non-hydrogen) atoms. The van der Waals surface area contributed by atoms with Crippen LogP contribution in [0.15, 0.2) is 30.5 Å². The van der Waals surface area contributed by atoms with E-state index >= 15 is 0 Å². The van der Waals surface area contributed by atoms with Crippen molar-refractivity contribution in [2.24, 2.45) is 5.92 Å². The molecule has 1 nitrogen and oxygen atoms in total. The molecule has 1 atom stereocenters. The first-order valence-electron chi connectivity index (χ1n) is 7.04. The van der Waals surface area contributed by atoms with Gasteiger partial charge in [-0.15, -0.1) is 0 Å². The van der Waals surface area contributed by atoms with E-state index in [2.05, 4.69) is 70.0 Å². The number of aryl methyl sites for hydroxylation is 1. The topological polar surface area (TPSA) is 3.24 Å². The average molecular weight is 243 g/mol. The number of benzene rings is 1. The smallest absolute Gasteiger partial charge is 0.0351 e. The van der Waals surface area contributed by atoms with Crippen molar-refractivity contribution in [2.75, 3.05) is 0 Å². The van der Waals surface area contributed by atoms with Crippen molar-refractivity contribution >= 4 is 5.57 Å². The molecule has 1 heteroatoms. The quantitative estimate of drug-likeness (QED) is 0.757. The Morgan fingerprint density at radius 1 is 1.06 bits per heavy atom. The molecule has 0 fully saturated rings. The Kier molecular flexibility index (Phi) is 3.79. The largest absolute Gasteiger partial charge is 0.371 e. The zero-order valence-corrected chi connectivity index (χ0v) is 12.3. The highest BCUT2D eigenvalue weighted by Gasteiger charge is 2.28. The lowest BCUT2D eigenvalue weighted by Gasteiger charge is -2.32. The van der Waals surface area contributed by atoms with Crippen LogP contribution in [-0.2, 0) is 0 Å². The number of hydrogen-bond donors (Lipinski definition) is 0. The molecule has 98 valence electrons. The summed E-state index contributed by atoms with van der Waals surface area (Å²) in [6.07, 6.45) is 3.55. The fraction of sp³-hybridized carbons (Fsp3) is 0.529. The molecular formula is C17H25N. The van der Waals surface area contributed by atoms with Gasteiger partial charge in [0.25, 0.3) is 0 Å². The number of nitrogens with zero attached hydrogens (tertiary/aromatic N) is 1. The number of rotatable bonds is 3. The standard InChI is InChI=1S/C17H25N/c1-12(2)17-10-16(11-18(17)13(3)4)15-8-6-14(5)7-9-15/h6-9,11-13,17H,10H2,1-5H3. The van der Waals surface area contributed by atoms with E-state index < -0.39 is 0 Å². The van der Waals surface area contributed by atoms with E-state index in [9.17, 15) is 0 Å². The Morgan fingerprint density at radius 3 is 2.11 bits per heavy atom. The van der Waals surface area contributed by atoms with Crippen LogP contribution in [0, 0.1) is 12.8 Å². The second kappa shape index (κ2) is 5.17. The lowest BCUT2D eigenvalue weighted by molar-refractivity contribution is 0.201. The van der Waals surface area contributed by atoms with Crippen LogP contribution in [0.2, 0.25) is 0 Å². The molecule has 0 aromatic heterocycles. The van der Waals surface area contributed by atoms with Crippen molar-refractivity contribution < 1.29 is 0 Å². The third-order valence-corrected chi connectivity index (χ3v) is 3.91. The maximum Gasteiger partial charge on any atom is 0.0351 e. The summed E-state index contributed by atoms with van der Waals surface area (Å²) >= 11 is 0. The normalized spacial score (nSPS) is 19.8. The molecule has 0 bridgehead atoms. The molecule has 1 aliphatic rings. The lowest BCUT2D eigenvalue weighted by atomic mass is 9.95. The summed E-state index contributed by atoms with van der Waals surface area (Å²) in [5, 5.41) is 0. The van der Waals surface area contributed by atoms with Crippen molar-refractivity contribution in [3.63, 3.8) is 0 Å². The molecule has 0 saturated heterocycles. The van der Waals surface area contributed by atoms with Crippen LogP contribution in [0.1, 0.15) is 45.2 Å². The minimum absolute atomic E-state index is 0.584. The second-order valence-corrected chi connectivity index (χ2v) is 6.08. The molecule has 1 aromatic carbocycles. The molecule has 1 aliphatic heterocycles. The zero-order valence-electron chi connectivity index (χ0n) is 12.3. The van der Waals surface area contributed by atoms with E-state index in [4.69, 9.17) is 0 Å². The lowest BCUT2D eigenvalue weighted by Crippen LogP contribution is -2.36. The summed E-state index contributed by atoms with van der Waals surface area (Å²) in [4.78, 5) is 2.53. The molecule has 1 aromatic rings. The van der Waals surface area contributed by atoms with Crippen molar-refractivity contribution in [1.82, 2.24) is 4.90 Å². The highest BCUT2D eigenvalue weighted by Crippen LogP contribution is 2.34. The molecule has 0 radical (unpaired) electrons. The first kappa shape index (κ1) is 13.2. The Bertz CT molecular complexity index is 425. The SMILES string of the molecule is Cc1ccc(C2=CN(C(C)C)C(C(C)C)C2)cc1. The van der Waals surface area contributed by atoms with Gasteiger partial charge in [0.15, 0.2) is 0 Å². The fourth-order valence-electron chi connectivity index (χ4n) is 2.73. The summed E-state index contributed by atoms with van der Waals surface area (Å²) < 4.78 is 0. The molecule has 0 saturated carbocycles. The van der Waals surface area contributed by atoms with Gasteiger partial charge >= 0.3 is 0 Å². The number of hydrogen-bond acceptors (Lipinski definition) is 1. The maximum absolute atomic E-state index is 2.53. The fourth-order valence-corrected chi connectivity index (χ4v) is 2.73. The van der Waals surface area contributed by atoms with E-state index in [1.165, 1.54) is 23.1 Å². The van der Waals surface area contributed by atoms with E-state index in [1.807, 2.05) is 0 Å². The van der Waals surface area contributed by atoms with Crippen LogP contribution in [0.5, 0.6) is 0 Å². The maximum atomic E-state index is 2.53. The molecular weight excluding hydrogens is 218 g/mol. The molecule has 0 spiro atoms. The van der Waals surface area contributed by atoms with Gasteiger partial charge in [-0.1, -0.05) is 43.7 Å². The van der Waals surface area contributed by atoms with Gasteiger partial charge in [0.1, 0.15) is 0 Å². The molecule has 0 aliphatic carbocycles. The van der Waals surface area contributed by atoms with Crippen LogP contribution >= 0.6 is 0 Å². The van der Waals surface area contributed by atoms with Gasteiger partial charge in [-0.05, 0) is 44.2 Å². The van der Waals surface area contributed by atoms with Crippen LogP contribution in [0.25, 0.3) is 5.57 Å². The summed E-state index contributed by atoms with van der Waals surface area (Å²) in [5.74, 6) is 0.701. The van der Waals surface area contributed by atoms with Crippen molar-refractivity contribution in [2.45, 2.75) is 53.1 Å². The van der Waals surface area contributed by atoms with Gasteiger partial charge in [0.2, 0.25) is 0 Å². The van der Waals surface area contributed by atoms with Crippen LogP contribution in [0.3, 0.4) is 0 Å². The third-order valence-electron chi connectivity index (χ3n) is 3.91. The Hall–Kier alpha value is -1.24. The van der Waals surface area contributed by atoms with Crippen LogP contribution in [-0.4, -0.2) is 17.0 Å². The van der Waals surface area contributed by atoms with Crippen LogP contribution < -0.4 is 0 Å². The average Bonchev–Trinajstić information content (AvgIpc) is 2.75. The van der Waals surface area contributed by atoms with Crippen molar-refractivity contribution in [3.8, 4) is 0 Å². The first-order valence-corrected chi connectivity index (χ1v) is 7.04. The summed E-state index contributed by atoms with van der Waals surface area (Å²) in [5.41, 5.74) is 4.20. The zero-order chi connectivity index (χ0) is 13.3. The van der Waals surface area contributed by atoms with E-state index in [-0.39, 0.29) is 0 Å². The molecule has 1 heterocycles. The van der Waals surface area contributed by atoms with Gasteiger partial charge in [-0.25, -0.2) is 0 Å². The highest BCUT2D eigenvalue weighted by atomic mass is 15.2. The predicted octanol–water partition coefficient (Wildman–Crippen LogP) is 4.47. The summed E-state index contributed by atoms with van der Waals surface area (Å²) in [6.45, 7) is 11.4. The third kappa shape index (κ3) is 2.60. The van der Waals surface area contributed by atoms with Gasteiger partial charge < -0.3 is 4.90 Å². The summed E-state index contributed by atoms with van der Waals surface area (Å²) in [7, 11) is 0. The van der Waals surface area contributed by atoms with Crippen molar-refractivity contribution in [1.29, 1.82) is 0 Å². The van der Waals surface area contributed by atoms with Gasteiger partial charge in [-0.3, -0.25) is 0 Å². The highest BCUT2D eigenvalue weighted by molar-refractivity contribution is 5.68. The predicted molar refractivity (Wildman–Crippen MR) is 79.4 cm³/mol. The van der Waals surface area contributed by atoms with E-state index in [1.54, 1.807) is 0 Å². The second-order valence-electron chi connectivity index (χ2n) is 6.08. The van der Waals surface area contributed by atoms with Gasteiger partial charge in [0.05, 0.1) is 0 Å². The molecule has 2 rings (SSSR count). The van der Waals surface area contributed by atoms with Gasteiger partial charge in [0, 0.05) is 18.3 Å².